The number of carbonyl (C=O) groups is 2. The van der Waals surface area contributed by atoms with E-state index in [0.717, 1.165) is 70.6 Å². The summed E-state index contributed by atoms with van der Waals surface area (Å²) in [5.74, 6) is -0.765. The van der Waals surface area contributed by atoms with E-state index in [4.69, 9.17) is 9.84 Å². The van der Waals surface area contributed by atoms with Crippen molar-refractivity contribution in [2.45, 2.75) is 161 Å². The Hall–Kier alpha value is -1.58. The van der Waals surface area contributed by atoms with Crippen LogP contribution in [0.25, 0.3) is 0 Å². The quantitative estimate of drug-likeness (QED) is 0.0741. The summed E-state index contributed by atoms with van der Waals surface area (Å²) in [4.78, 5) is 23.0. The molecule has 0 aliphatic carbocycles. The number of unbranched alkanes of at least 4 members (excludes halogenated alkanes) is 15. The van der Waals surface area contributed by atoms with Gasteiger partial charge in [0, 0.05) is 12.8 Å². The van der Waals surface area contributed by atoms with Gasteiger partial charge in [-0.15, -0.1) is 0 Å². The lowest BCUT2D eigenvalue weighted by Crippen LogP contribution is -2.16. The van der Waals surface area contributed by atoms with Gasteiger partial charge in [0.2, 0.25) is 0 Å². The second kappa shape index (κ2) is 27.0. The molecule has 1 atom stereocenters. The number of carboxylic acid groups (broad SMARTS) is 1. The zero-order chi connectivity index (χ0) is 25.8. The number of carboxylic acids is 1. The largest absolute Gasteiger partial charge is 0.481 e. The van der Waals surface area contributed by atoms with Gasteiger partial charge < -0.3 is 9.84 Å². The van der Waals surface area contributed by atoms with Crippen LogP contribution in [-0.2, 0) is 14.3 Å². The number of carbonyl (C=O) groups excluding carboxylic acids is 1. The summed E-state index contributed by atoms with van der Waals surface area (Å²) in [5, 5.41) is 8.71. The third-order valence-corrected chi connectivity index (χ3v) is 6.41. The normalized spacial score (nSPS) is 12.5. The molecule has 0 radical (unpaired) electrons. The first kappa shape index (κ1) is 33.4. The Morgan fingerprint density at radius 3 is 1.83 bits per heavy atom. The summed E-state index contributed by atoms with van der Waals surface area (Å²) in [6.07, 6.45) is 31.9. The van der Waals surface area contributed by atoms with E-state index < -0.39 is 5.97 Å². The highest BCUT2D eigenvalue weighted by molar-refractivity contribution is 5.69. The molecule has 0 heterocycles. The molecule has 0 fully saturated rings. The molecule has 0 aromatic rings. The lowest BCUT2D eigenvalue weighted by atomic mass is 10.1. The van der Waals surface area contributed by atoms with E-state index in [9.17, 15) is 9.59 Å². The van der Waals surface area contributed by atoms with Gasteiger partial charge in [-0.3, -0.25) is 9.59 Å². The van der Waals surface area contributed by atoms with Gasteiger partial charge >= 0.3 is 11.9 Å². The molecule has 0 aromatic carbocycles. The summed E-state index contributed by atoms with van der Waals surface area (Å²) in [7, 11) is 0. The van der Waals surface area contributed by atoms with Crippen LogP contribution in [0.15, 0.2) is 24.3 Å². The molecule has 1 unspecified atom stereocenters. The van der Waals surface area contributed by atoms with Crippen molar-refractivity contribution in [3.05, 3.63) is 24.3 Å². The van der Waals surface area contributed by atoms with Gasteiger partial charge in [-0.1, -0.05) is 116 Å². The second-order valence-electron chi connectivity index (χ2n) is 9.94. The van der Waals surface area contributed by atoms with Crippen LogP contribution in [0.1, 0.15) is 155 Å². The van der Waals surface area contributed by atoms with E-state index in [0.29, 0.717) is 6.42 Å². The van der Waals surface area contributed by atoms with Gasteiger partial charge in [0.05, 0.1) is 0 Å². The highest BCUT2D eigenvalue weighted by atomic mass is 16.5. The van der Waals surface area contributed by atoms with Gasteiger partial charge in [-0.05, 0) is 51.0 Å². The van der Waals surface area contributed by atoms with E-state index in [1.165, 1.54) is 57.8 Å². The molecule has 4 heteroatoms. The lowest BCUT2D eigenvalue weighted by molar-refractivity contribution is -0.147. The van der Waals surface area contributed by atoms with Crippen LogP contribution in [0.4, 0.5) is 0 Å². The maximum Gasteiger partial charge on any atom is 0.306 e. The number of hydrogen-bond acceptors (Lipinski definition) is 3. The number of esters is 1. The molecule has 0 saturated heterocycles. The zero-order valence-corrected chi connectivity index (χ0v) is 23.1. The standard InChI is InChI=1S/C31H56O4/c1-3-5-7-9-11-13-17-21-25-29(26-22-18-15-16-19-23-27-30(32)33)35-31(34)28-24-20-14-12-10-8-6-4-2/h11,13,21,25,29H,3-10,12,14-20,22-24,26-28H2,1-2H3,(H,32,33)/b13-11-,25-21-. The monoisotopic (exact) mass is 492 g/mol. The first-order valence-corrected chi connectivity index (χ1v) is 14.8. The number of allylic oxidation sites excluding steroid dienone is 3. The van der Waals surface area contributed by atoms with Crippen molar-refractivity contribution in [3.8, 4) is 0 Å². The Morgan fingerprint density at radius 1 is 0.657 bits per heavy atom. The molecule has 0 saturated carbocycles. The first-order valence-electron chi connectivity index (χ1n) is 14.8. The van der Waals surface area contributed by atoms with Gasteiger partial charge in [0.25, 0.3) is 0 Å². The molecule has 0 bridgehead atoms. The fourth-order valence-corrected chi connectivity index (χ4v) is 4.19. The summed E-state index contributed by atoms with van der Waals surface area (Å²) in [6, 6.07) is 0. The van der Waals surface area contributed by atoms with Gasteiger partial charge in [-0.2, -0.15) is 0 Å². The second-order valence-corrected chi connectivity index (χ2v) is 9.94. The van der Waals surface area contributed by atoms with E-state index in [1.807, 2.05) is 0 Å². The maximum absolute atomic E-state index is 12.4. The molecular formula is C31H56O4. The predicted octanol–water partition coefficient (Wildman–Crippen LogP) is 9.72. The number of rotatable bonds is 26. The van der Waals surface area contributed by atoms with Crippen molar-refractivity contribution < 1.29 is 19.4 Å². The Bertz CT molecular complexity index is 538. The molecular weight excluding hydrogens is 436 g/mol. The minimum atomic E-state index is -0.704. The van der Waals surface area contributed by atoms with Crippen LogP contribution in [0, 0.1) is 0 Å². The molecule has 0 rings (SSSR count). The molecule has 0 spiro atoms. The van der Waals surface area contributed by atoms with E-state index >= 15 is 0 Å². The smallest absolute Gasteiger partial charge is 0.306 e. The number of hydrogen-bond donors (Lipinski definition) is 1. The molecule has 0 aliphatic rings. The summed E-state index contributed by atoms with van der Waals surface area (Å²) < 4.78 is 5.83. The van der Waals surface area contributed by atoms with Crippen LogP contribution in [0.2, 0.25) is 0 Å². The van der Waals surface area contributed by atoms with Crippen LogP contribution in [0.5, 0.6) is 0 Å². The molecule has 1 N–H and O–H groups in total. The Kier molecular flexibility index (Phi) is 25.8. The molecule has 204 valence electrons. The van der Waals surface area contributed by atoms with Crippen molar-refractivity contribution in [2.75, 3.05) is 0 Å². The van der Waals surface area contributed by atoms with E-state index in [-0.39, 0.29) is 18.5 Å². The molecule has 0 amide bonds. The van der Waals surface area contributed by atoms with Crippen LogP contribution < -0.4 is 0 Å². The first-order chi connectivity index (χ1) is 17.1. The average Bonchev–Trinajstić information content (AvgIpc) is 2.83. The van der Waals surface area contributed by atoms with E-state index in [1.54, 1.807) is 0 Å². The number of aliphatic carboxylic acids is 1. The Balaban J connectivity index is 4.22. The van der Waals surface area contributed by atoms with Crippen molar-refractivity contribution >= 4 is 11.9 Å². The molecule has 0 aromatic heterocycles. The highest BCUT2D eigenvalue weighted by Gasteiger charge is 2.11. The average molecular weight is 493 g/mol. The Morgan fingerprint density at radius 2 is 1.20 bits per heavy atom. The van der Waals surface area contributed by atoms with Crippen molar-refractivity contribution in [3.63, 3.8) is 0 Å². The van der Waals surface area contributed by atoms with E-state index in [2.05, 4.69) is 38.2 Å². The van der Waals surface area contributed by atoms with Crippen molar-refractivity contribution in [2.24, 2.45) is 0 Å². The summed E-state index contributed by atoms with van der Waals surface area (Å²) in [5.41, 5.74) is 0. The molecule has 4 nitrogen and oxygen atoms in total. The predicted molar refractivity (Wildman–Crippen MR) is 149 cm³/mol. The Labute approximate surface area is 217 Å². The highest BCUT2D eigenvalue weighted by Crippen LogP contribution is 2.15. The fraction of sp³-hybridized carbons (Fsp3) is 0.806. The van der Waals surface area contributed by atoms with Crippen LogP contribution >= 0.6 is 0 Å². The minimum Gasteiger partial charge on any atom is -0.481 e. The minimum absolute atomic E-state index is 0.0607. The van der Waals surface area contributed by atoms with Crippen LogP contribution in [-0.4, -0.2) is 23.1 Å². The topological polar surface area (TPSA) is 63.6 Å². The van der Waals surface area contributed by atoms with Crippen LogP contribution in [0.3, 0.4) is 0 Å². The van der Waals surface area contributed by atoms with Gasteiger partial charge in [-0.25, -0.2) is 0 Å². The van der Waals surface area contributed by atoms with Gasteiger partial charge in [0.1, 0.15) is 6.10 Å². The zero-order valence-electron chi connectivity index (χ0n) is 23.1. The van der Waals surface area contributed by atoms with Gasteiger partial charge in [0.15, 0.2) is 0 Å². The fourth-order valence-electron chi connectivity index (χ4n) is 4.19. The molecule has 0 aliphatic heterocycles. The third kappa shape index (κ3) is 26.9. The molecule has 35 heavy (non-hydrogen) atoms. The summed E-state index contributed by atoms with van der Waals surface area (Å²) in [6.45, 7) is 4.46. The van der Waals surface area contributed by atoms with Crippen molar-refractivity contribution in [1.82, 2.24) is 0 Å². The number of ether oxygens (including phenoxy) is 1. The lowest BCUT2D eigenvalue weighted by Gasteiger charge is -2.14. The summed E-state index contributed by atoms with van der Waals surface area (Å²) >= 11 is 0. The SMILES string of the molecule is CCCCC/C=C\C/C=C\C(CCCCCCCCC(=O)O)OC(=O)CCCCCCCCCC. The third-order valence-electron chi connectivity index (χ3n) is 6.41. The van der Waals surface area contributed by atoms with Crippen molar-refractivity contribution in [1.29, 1.82) is 0 Å². The maximum atomic E-state index is 12.4.